The number of aromatic nitrogens is 2. The van der Waals surface area contributed by atoms with Gasteiger partial charge in [0, 0.05) is 11.6 Å². The zero-order valence-electron chi connectivity index (χ0n) is 19.1. The molecule has 1 heterocycles. The molecule has 0 radical (unpaired) electrons. The first-order valence-electron chi connectivity index (χ1n) is 11.1. The number of halogens is 2. The summed E-state index contributed by atoms with van der Waals surface area (Å²) >= 11 is 0. The van der Waals surface area contributed by atoms with Crippen molar-refractivity contribution >= 4 is 11.8 Å². The molecule has 5 rings (SSSR count). The lowest BCUT2D eigenvalue weighted by Gasteiger charge is -2.56. The van der Waals surface area contributed by atoms with E-state index in [-0.39, 0.29) is 30.7 Å². The fourth-order valence-electron chi connectivity index (χ4n) is 4.66. The van der Waals surface area contributed by atoms with Crippen LogP contribution in [0.1, 0.15) is 32.1 Å². The van der Waals surface area contributed by atoms with Crippen LogP contribution >= 0.6 is 0 Å². The van der Waals surface area contributed by atoms with E-state index in [0.717, 1.165) is 12.1 Å². The molecule has 2 aromatic rings. The van der Waals surface area contributed by atoms with Gasteiger partial charge in [-0.05, 0) is 44.2 Å². The molecule has 0 unspecified atom stereocenters. The van der Waals surface area contributed by atoms with Crippen molar-refractivity contribution in [2.75, 3.05) is 20.3 Å². The Morgan fingerprint density at radius 2 is 1.63 bits per heavy atom. The molecular formula is C23H26F2N4O6. The maximum absolute atomic E-state index is 13.3. The van der Waals surface area contributed by atoms with Crippen LogP contribution in [0.3, 0.4) is 0 Å². The number of rotatable bonds is 9. The Hall–Kier alpha value is -3.54. The molecule has 1 aromatic carbocycles. The van der Waals surface area contributed by atoms with Crippen LogP contribution in [0, 0.1) is 11.6 Å². The molecule has 3 aliphatic carbocycles. The molecule has 1 atom stereocenters. The number of carbonyl (C=O) groups excluding carboxylic acids is 2. The molecule has 0 saturated heterocycles. The summed E-state index contributed by atoms with van der Waals surface area (Å²) in [6.07, 6.45) is 4.22. The Labute approximate surface area is 200 Å². The van der Waals surface area contributed by atoms with Crippen LogP contribution in [0.4, 0.5) is 8.78 Å². The predicted molar refractivity (Wildman–Crippen MR) is 117 cm³/mol. The Balaban J connectivity index is 1.26. The van der Waals surface area contributed by atoms with E-state index in [2.05, 4.69) is 20.6 Å². The van der Waals surface area contributed by atoms with Crippen molar-refractivity contribution in [2.24, 2.45) is 0 Å². The lowest BCUT2D eigenvalue weighted by molar-refractivity contribution is -0.137. The third-order valence-corrected chi connectivity index (χ3v) is 6.53. The molecule has 35 heavy (non-hydrogen) atoms. The molecule has 0 spiro atoms. The van der Waals surface area contributed by atoms with E-state index in [1.54, 1.807) is 0 Å². The minimum Gasteiger partial charge on any atom is -0.484 e. The summed E-state index contributed by atoms with van der Waals surface area (Å²) < 4.78 is 41.9. The fraction of sp³-hybridized carbons (Fsp3) is 0.478. The van der Waals surface area contributed by atoms with Gasteiger partial charge in [0.2, 0.25) is 0 Å². The Morgan fingerprint density at radius 1 is 1.00 bits per heavy atom. The summed E-state index contributed by atoms with van der Waals surface area (Å²) in [4.78, 5) is 32.8. The van der Waals surface area contributed by atoms with Crippen molar-refractivity contribution in [1.82, 2.24) is 20.6 Å². The van der Waals surface area contributed by atoms with E-state index in [1.165, 1.54) is 25.6 Å². The van der Waals surface area contributed by atoms with Gasteiger partial charge in [0.1, 0.15) is 5.75 Å². The number of hydrogen-bond donors (Lipinski definition) is 3. The van der Waals surface area contributed by atoms with Crippen molar-refractivity contribution in [3.8, 4) is 17.5 Å². The molecule has 2 amide bonds. The SMILES string of the molecule is COc1ncc(OCC(=O)NC23CCC(NC(=O)COc4ccc(F)c(F)c4)(CC2)[C@@H](O)C3)cn1. The van der Waals surface area contributed by atoms with Gasteiger partial charge in [-0.25, -0.2) is 8.78 Å². The normalized spacial score (nSPS) is 25.0. The fourth-order valence-corrected chi connectivity index (χ4v) is 4.66. The topological polar surface area (TPSA) is 132 Å². The standard InChI is InChI=1S/C23H26F2N4O6/c1-33-21-26-10-15(11-27-21)35-12-19(31)28-22-4-6-23(7-5-22,18(30)9-22)29-20(32)13-34-14-2-3-16(24)17(25)8-14/h2-3,8,10-11,18,30H,4-7,9,12-13H2,1H3,(H,28,31)(H,29,32)/t18-,22?,23?/m0/s1. The number of aliphatic hydroxyl groups excluding tert-OH is 1. The lowest BCUT2D eigenvalue weighted by atomic mass is 9.60. The molecule has 3 N–H and O–H groups in total. The van der Waals surface area contributed by atoms with Crippen LogP contribution in [0.2, 0.25) is 0 Å². The number of nitrogens with one attached hydrogen (secondary N) is 2. The number of nitrogens with zero attached hydrogens (tertiary/aromatic N) is 2. The highest BCUT2D eigenvalue weighted by atomic mass is 19.2. The Kier molecular flexibility index (Phi) is 7.01. The van der Waals surface area contributed by atoms with Crippen molar-refractivity contribution in [1.29, 1.82) is 0 Å². The molecule has 2 bridgehead atoms. The maximum atomic E-state index is 13.3. The maximum Gasteiger partial charge on any atom is 0.316 e. The van der Waals surface area contributed by atoms with E-state index in [0.29, 0.717) is 31.4 Å². The molecular weight excluding hydrogens is 466 g/mol. The second-order valence-electron chi connectivity index (χ2n) is 8.81. The van der Waals surface area contributed by atoms with Crippen molar-refractivity contribution in [3.63, 3.8) is 0 Å². The number of hydrogen-bond acceptors (Lipinski definition) is 8. The highest BCUT2D eigenvalue weighted by Gasteiger charge is 2.55. The summed E-state index contributed by atoms with van der Waals surface area (Å²) in [5.41, 5.74) is -1.43. The first kappa shape index (κ1) is 24.6. The third-order valence-electron chi connectivity index (χ3n) is 6.53. The van der Waals surface area contributed by atoms with Crippen molar-refractivity contribution in [2.45, 2.75) is 49.3 Å². The molecule has 10 nitrogen and oxygen atoms in total. The van der Waals surface area contributed by atoms with Crippen LogP contribution in [0.5, 0.6) is 17.5 Å². The minimum absolute atomic E-state index is 0.0227. The van der Waals surface area contributed by atoms with Gasteiger partial charge in [-0.3, -0.25) is 9.59 Å². The summed E-state index contributed by atoms with van der Waals surface area (Å²) in [5, 5.41) is 16.7. The summed E-state index contributed by atoms with van der Waals surface area (Å²) in [6, 6.07) is 3.18. The minimum atomic E-state index is -1.07. The average Bonchev–Trinajstić information content (AvgIpc) is 2.85. The molecule has 12 heteroatoms. The van der Waals surface area contributed by atoms with Gasteiger partial charge < -0.3 is 30.0 Å². The number of carbonyl (C=O) groups is 2. The summed E-state index contributed by atoms with van der Waals surface area (Å²) in [6.45, 7) is -0.648. The zero-order valence-corrected chi connectivity index (χ0v) is 19.1. The van der Waals surface area contributed by atoms with Crippen LogP contribution < -0.4 is 24.8 Å². The monoisotopic (exact) mass is 492 g/mol. The number of ether oxygens (including phenoxy) is 3. The smallest absolute Gasteiger partial charge is 0.316 e. The second kappa shape index (κ2) is 9.98. The summed E-state index contributed by atoms with van der Waals surface area (Å²) in [5.74, 6) is -2.57. The average molecular weight is 492 g/mol. The number of aliphatic hydroxyl groups is 1. The van der Waals surface area contributed by atoms with Gasteiger partial charge in [0.25, 0.3) is 11.8 Å². The molecule has 1 aromatic heterocycles. The number of amides is 2. The number of methoxy groups -OCH3 is 1. The zero-order chi connectivity index (χ0) is 25.1. The lowest BCUT2D eigenvalue weighted by Crippen LogP contribution is -2.70. The second-order valence-corrected chi connectivity index (χ2v) is 8.81. The molecule has 3 saturated carbocycles. The molecule has 0 aliphatic heterocycles. The van der Waals surface area contributed by atoms with Crippen LogP contribution in [-0.4, -0.2) is 64.4 Å². The van der Waals surface area contributed by atoms with Gasteiger partial charge >= 0.3 is 6.01 Å². The van der Waals surface area contributed by atoms with Gasteiger partial charge in [0.15, 0.2) is 30.6 Å². The first-order chi connectivity index (χ1) is 16.7. The van der Waals surface area contributed by atoms with Crippen LogP contribution in [-0.2, 0) is 9.59 Å². The van der Waals surface area contributed by atoms with E-state index in [9.17, 15) is 23.5 Å². The van der Waals surface area contributed by atoms with Crippen LogP contribution in [0.25, 0.3) is 0 Å². The van der Waals surface area contributed by atoms with Crippen molar-refractivity contribution in [3.05, 3.63) is 42.2 Å². The molecule has 188 valence electrons. The first-order valence-corrected chi connectivity index (χ1v) is 11.1. The highest BCUT2D eigenvalue weighted by Crippen LogP contribution is 2.47. The Morgan fingerprint density at radius 3 is 2.23 bits per heavy atom. The quantitative estimate of drug-likeness (QED) is 0.477. The van der Waals surface area contributed by atoms with Gasteiger partial charge in [-0.15, -0.1) is 0 Å². The van der Waals surface area contributed by atoms with Gasteiger partial charge in [0.05, 0.1) is 31.1 Å². The van der Waals surface area contributed by atoms with Gasteiger partial charge in [-0.2, -0.15) is 9.97 Å². The number of fused-ring (bicyclic) bond motifs is 3. The number of benzene rings is 1. The Bertz CT molecular complexity index is 1080. The van der Waals surface area contributed by atoms with E-state index in [4.69, 9.17) is 14.2 Å². The molecule has 3 fully saturated rings. The van der Waals surface area contributed by atoms with E-state index < -0.39 is 41.3 Å². The highest BCUT2D eigenvalue weighted by molar-refractivity contribution is 5.79. The van der Waals surface area contributed by atoms with Crippen molar-refractivity contribution < 1.29 is 37.7 Å². The van der Waals surface area contributed by atoms with Crippen LogP contribution in [0.15, 0.2) is 30.6 Å². The third kappa shape index (κ3) is 5.59. The van der Waals surface area contributed by atoms with Gasteiger partial charge in [-0.1, -0.05) is 0 Å². The predicted octanol–water partition coefficient (Wildman–Crippen LogP) is 1.27. The largest absolute Gasteiger partial charge is 0.484 e. The van der Waals surface area contributed by atoms with E-state index >= 15 is 0 Å². The summed E-state index contributed by atoms with van der Waals surface area (Å²) in [7, 11) is 1.44. The molecule has 3 aliphatic rings. The van der Waals surface area contributed by atoms with E-state index in [1.807, 2.05) is 0 Å².